The molecule has 7 heteroatoms. The number of sulfone groups is 1. The Kier molecular flexibility index (Phi) is 2.86. The van der Waals surface area contributed by atoms with E-state index in [4.69, 9.17) is 5.11 Å². The fourth-order valence-electron chi connectivity index (χ4n) is 2.05. The van der Waals surface area contributed by atoms with Gasteiger partial charge in [-0.3, -0.25) is 5.10 Å². The number of aromatic nitrogens is 2. The van der Waals surface area contributed by atoms with E-state index in [2.05, 4.69) is 10.2 Å². The zero-order valence-corrected chi connectivity index (χ0v) is 11.2. The van der Waals surface area contributed by atoms with Crippen LogP contribution in [0.3, 0.4) is 0 Å². The molecule has 1 aromatic heterocycles. The largest absolute Gasteiger partial charge is 0.477 e. The number of benzene rings is 1. The molecule has 1 aromatic carbocycles. The van der Waals surface area contributed by atoms with Gasteiger partial charge in [-0.2, -0.15) is 5.10 Å². The van der Waals surface area contributed by atoms with Crippen molar-refractivity contribution in [2.24, 2.45) is 0 Å². The molecule has 2 N–H and O–H groups in total. The van der Waals surface area contributed by atoms with E-state index in [-0.39, 0.29) is 15.8 Å². The highest BCUT2D eigenvalue weighted by atomic mass is 32.2. The Morgan fingerprint density at radius 2 is 2.00 bits per heavy atom. The lowest BCUT2D eigenvalue weighted by atomic mass is 10.1. The number of H-pyrrole nitrogens is 1. The molecule has 104 valence electrons. The van der Waals surface area contributed by atoms with E-state index >= 15 is 0 Å². The van der Waals surface area contributed by atoms with E-state index in [1.165, 1.54) is 12.1 Å². The van der Waals surface area contributed by atoms with E-state index in [1.54, 1.807) is 18.2 Å². The van der Waals surface area contributed by atoms with E-state index in [1.807, 2.05) is 0 Å². The summed E-state index contributed by atoms with van der Waals surface area (Å²) in [6, 6.07) is 7.87. The summed E-state index contributed by atoms with van der Waals surface area (Å²) in [4.78, 5) is 11.1. The lowest BCUT2D eigenvalue weighted by Crippen LogP contribution is -2.08. The fraction of sp³-hybridized carbons (Fsp3) is 0.231. The van der Waals surface area contributed by atoms with Gasteiger partial charge in [0.1, 0.15) is 5.69 Å². The third-order valence-corrected chi connectivity index (χ3v) is 5.56. The first-order valence-electron chi connectivity index (χ1n) is 6.12. The molecule has 1 aliphatic carbocycles. The first-order valence-corrected chi connectivity index (χ1v) is 7.67. The summed E-state index contributed by atoms with van der Waals surface area (Å²) in [5.74, 6) is -1.13. The van der Waals surface area contributed by atoms with Crippen LogP contribution in [0.2, 0.25) is 0 Å². The second-order valence-corrected chi connectivity index (χ2v) is 6.91. The zero-order chi connectivity index (χ0) is 14.3. The molecule has 0 saturated heterocycles. The topological polar surface area (TPSA) is 100 Å². The molecule has 0 spiro atoms. The second kappa shape index (κ2) is 4.45. The summed E-state index contributed by atoms with van der Waals surface area (Å²) >= 11 is 0. The Bertz CT molecular complexity index is 775. The molecule has 1 saturated carbocycles. The Morgan fingerprint density at radius 3 is 2.60 bits per heavy atom. The molecule has 6 nitrogen and oxygen atoms in total. The number of nitrogens with zero attached hydrogens (tertiary/aromatic N) is 1. The van der Waals surface area contributed by atoms with E-state index in [0.717, 1.165) is 0 Å². The third kappa shape index (κ3) is 2.09. The molecule has 0 bridgehead atoms. The third-order valence-electron chi connectivity index (χ3n) is 3.24. The maximum atomic E-state index is 12.4. The van der Waals surface area contributed by atoms with Gasteiger partial charge < -0.3 is 5.11 Å². The molecule has 0 radical (unpaired) electrons. The van der Waals surface area contributed by atoms with Crippen LogP contribution in [0.15, 0.2) is 35.2 Å². The van der Waals surface area contributed by atoms with Crippen LogP contribution in [0.4, 0.5) is 0 Å². The standard InChI is InChI=1S/C13H12N2O4S/c16-13(17)11-7-10(14-15-11)9-3-1-2-4-12(9)20(18,19)8-5-6-8/h1-4,7-8H,5-6H2,(H,14,15)(H,16,17). The molecule has 0 aliphatic heterocycles. The maximum absolute atomic E-state index is 12.4. The van der Waals surface area contributed by atoms with Crippen molar-refractivity contribution in [2.75, 3.05) is 0 Å². The molecule has 1 aliphatic rings. The van der Waals surface area contributed by atoms with Crippen LogP contribution in [-0.4, -0.2) is 34.9 Å². The lowest BCUT2D eigenvalue weighted by molar-refractivity contribution is 0.0690. The molecule has 20 heavy (non-hydrogen) atoms. The number of aromatic carboxylic acids is 1. The van der Waals surface area contributed by atoms with E-state index in [0.29, 0.717) is 24.1 Å². The van der Waals surface area contributed by atoms with Crippen molar-refractivity contribution in [3.05, 3.63) is 36.0 Å². The number of hydrogen-bond acceptors (Lipinski definition) is 4. The zero-order valence-electron chi connectivity index (χ0n) is 10.4. The van der Waals surface area contributed by atoms with Crippen LogP contribution in [0.25, 0.3) is 11.3 Å². The maximum Gasteiger partial charge on any atom is 0.353 e. The molecular weight excluding hydrogens is 280 g/mol. The summed E-state index contributed by atoms with van der Waals surface area (Å²) in [6.45, 7) is 0. The van der Waals surface area contributed by atoms with Gasteiger partial charge >= 0.3 is 5.97 Å². The monoisotopic (exact) mass is 292 g/mol. The van der Waals surface area contributed by atoms with Gasteiger partial charge in [0, 0.05) is 5.56 Å². The predicted octanol–water partition coefficient (Wildman–Crippen LogP) is 1.71. The summed E-state index contributed by atoms with van der Waals surface area (Å²) in [5.41, 5.74) is 0.684. The van der Waals surface area contributed by atoms with Gasteiger partial charge in [0.15, 0.2) is 9.84 Å². The van der Waals surface area contributed by atoms with Crippen molar-refractivity contribution >= 4 is 15.8 Å². The van der Waals surface area contributed by atoms with Gasteiger partial charge in [-0.15, -0.1) is 0 Å². The highest BCUT2D eigenvalue weighted by Gasteiger charge is 2.38. The fourth-order valence-corrected chi connectivity index (χ4v) is 3.92. The lowest BCUT2D eigenvalue weighted by Gasteiger charge is -2.07. The van der Waals surface area contributed by atoms with Crippen molar-refractivity contribution in [2.45, 2.75) is 23.0 Å². The Hall–Kier alpha value is -2.15. The highest BCUT2D eigenvalue weighted by molar-refractivity contribution is 7.92. The van der Waals surface area contributed by atoms with Crippen molar-refractivity contribution < 1.29 is 18.3 Å². The van der Waals surface area contributed by atoms with Crippen LogP contribution in [0.1, 0.15) is 23.3 Å². The molecule has 2 aromatic rings. The number of hydrogen-bond donors (Lipinski definition) is 2. The Labute approximate surface area is 115 Å². The molecule has 0 amide bonds. The van der Waals surface area contributed by atoms with Crippen molar-refractivity contribution in [3.63, 3.8) is 0 Å². The number of carboxylic acid groups (broad SMARTS) is 1. The summed E-state index contributed by atoms with van der Waals surface area (Å²) in [5, 5.41) is 14.8. The molecule has 0 unspecified atom stereocenters. The molecule has 1 fully saturated rings. The van der Waals surface area contributed by atoms with Gasteiger partial charge in [-0.1, -0.05) is 18.2 Å². The Morgan fingerprint density at radius 1 is 1.30 bits per heavy atom. The van der Waals surface area contributed by atoms with Crippen molar-refractivity contribution in [1.29, 1.82) is 0 Å². The number of carboxylic acids is 1. The van der Waals surface area contributed by atoms with Gasteiger partial charge in [-0.05, 0) is 25.0 Å². The molecular formula is C13H12N2O4S. The van der Waals surface area contributed by atoms with Gasteiger partial charge in [0.2, 0.25) is 0 Å². The van der Waals surface area contributed by atoms with E-state index < -0.39 is 15.8 Å². The van der Waals surface area contributed by atoms with E-state index in [9.17, 15) is 13.2 Å². The van der Waals surface area contributed by atoms with Crippen molar-refractivity contribution in [3.8, 4) is 11.3 Å². The van der Waals surface area contributed by atoms with Crippen molar-refractivity contribution in [1.82, 2.24) is 10.2 Å². The average molecular weight is 292 g/mol. The van der Waals surface area contributed by atoms with Gasteiger partial charge in [-0.25, -0.2) is 13.2 Å². The first-order chi connectivity index (χ1) is 9.50. The van der Waals surface area contributed by atoms with Crippen LogP contribution in [0.5, 0.6) is 0 Å². The smallest absolute Gasteiger partial charge is 0.353 e. The van der Waals surface area contributed by atoms with Crippen LogP contribution in [0, 0.1) is 0 Å². The SMILES string of the molecule is O=C(O)c1cc(-c2ccccc2S(=O)(=O)C2CC2)n[nH]1. The normalized spacial score (nSPS) is 15.2. The molecule has 0 atom stereocenters. The summed E-state index contributed by atoms with van der Waals surface area (Å²) in [7, 11) is -3.36. The Balaban J connectivity index is 2.12. The molecule has 1 heterocycles. The molecule has 3 rings (SSSR count). The van der Waals surface area contributed by atoms with Crippen LogP contribution in [-0.2, 0) is 9.84 Å². The highest BCUT2D eigenvalue weighted by Crippen LogP contribution is 2.37. The summed E-state index contributed by atoms with van der Waals surface area (Å²) in [6.07, 6.45) is 1.36. The predicted molar refractivity (Wildman–Crippen MR) is 71.2 cm³/mol. The summed E-state index contributed by atoms with van der Waals surface area (Å²) < 4.78 is 24.7. The number of nitrogens with one attached hydrogen (secondary N) is 1. The number of rotatable bonds is 4. The minimum atomic E-state index is -3.36. The van der Waals surface area contributed by atoms with Gasteiger partial charge in [0.05, 0.1) is 15.8 Å². The second-order valence-electron chi connectivity index (χ2n) is 4.71. The number of carbonyl (C=O) groups is 1. The average Bonchev–Trinajstić information content (AvgIpc) is 3.17. The number of aromatic amines is 1. The minimum absolute atomic E-state index is 0.0707. The van der Waals surface area contributed by atoms with Crippen LogP contribution < -0.4 is 0 Å². The minimum Gasteiger partial charge on any atom is -0.477 e. The van der Waals surface area contributed by atoms with Gasteiger partial charge in [0.25, 0.3) is 0 Å². The first kappa shape index (κ1) is 12.9. The quantitative estimate of drug-likeness (QED) is 0.893. The van der Waals surface area contributed by atoms with Crippen LogP contribution >= 0.6 is 0 Å².